The largest absolute Gasteiger partial charge is 0.478 e. The van der Waals surface area contributed by atoms with Crippen LogP contribution in [0.2, 0.25) is 0 Å². The van der Waals surface area contributed by atoms with Crippen LogP contribution in [-0.2, 0) is 11.2 Å². The topological polar surface area (TPSA) is 66.4 Å². The van der Waals surface area contributed by atoms with E-state index in [0.29, 0.717) is 12.1 Å². The van der Waals surface area contributed by atoms with Crippen molar-refractivity contribution in [2.75, 3.05) is 5.32 Å². The third-order valence-electron chi connectivity index (χ3n) is 3.58. The molecule has 0 aliphatic carbocycles. The highest BCUT2D eigenvalue weighted by Gasteiger charge is 2.06. The van der Waals surface area contributed by atoms with Crippen LogP contribution >= 0.6 is 0 Å². The van der Waals surface area contributed by atoms with E-state index in [1.165, 1.54) is 0 Å². The van der Waals surface area contributed by atoms with Gasteiger partial charge in [0.25, 0.3) is 0 Å². The van der Waals surface area contributed by atoms with Gasteiger partial charge in [0.05, 0.1) is 12.0 Å². The fourth-order valence-electron chi connectivity index (χ4n) is 2.44. The molecule has 3 rings (SSSR count). The number of nitrogens with one attached hydrogen (secondary N) is 1. The molecule has 0 radical (unpaired) electrons. The fourth-order valence-corrected chi connectivity index (χ4v) is 2.44. The van der Waals surface area contributed by atoms with Gasteiger partial charge in [0.1, 0.15) is 0 Å². The van der Waals surface area contributed by atoms with Crippen LogP contribution in [0.4, 0.5) is 5.69 Å². The van der Waals surface area contributed by atoms with Gasteiger partial charge in [0.15, 0.2) is 0 Å². The zero-order valence-electron chi connectivity index (χ0n) is 12.3. The van der Waals surface area contributed by atoms with Crippen LogP contribution in [0.15, 0.2) is 66.7 Å². The summed E-state index contributed by atoms with van der Waals surface area (Å²) in [6.07, 6.45) is 0.316. The normalized spacial score (nSPS) is 10.4. The first-order valence-corrected chi connectivity index (χ1v) is 7.23. The van der Waals surface area contributed by atoms with Gasteiger partial charge in [-0.2, -0.15) is 0 Å². The summed E-state index contributed by atoms with van der Waals surface area (Å²) in [6.45, 7) is 0. The molecule has 2 N–H and O–H groups in total. The number of carboxylic acids is 1. The van der Waals surface area contributed by atoms with Crippen molar-refractivity contribution in [2.24, 2.45) is 0 Å². The minimum Gasteiger partial charge on any atom is -0.478 e. The second-order valence-corrected chi connectivity index (χ2v) is 5.29. The second kappa shape index (κ2) is 6.32. The predicted molar refractivity (Wildman–Crippen MR) is 89.7 cm³/mol. The number of carbonyl (C=O) groups is 2. The van der Waals surface area contributed by atoms with Gasteiger partial charge in [-0.15, -0.1) is 0 Å². The Morgan fingerprint density at radius 2 is 1.57 bits per heavy atom. The number of aromatic carboxylic acids is 1. The van der Waals surface area contributed by atoms with Crippen LogP contribution in [0.25, 0.3) is 10.8 Å². The van der Waals surface area contributed by atoms with Crippen molar-refractivity contribution in [2.45, 2.75) is 6.42 Å². The summed E-state index contributed by atoms with van der Waals surface area (Å²) in [6, 6.07) is 19.9. The van der Waals surface area contributed by atoms with Gasteiger partial charge in [-0.25, -0.2) is 4.79 Å². The number of anilines is 1. The third-order valence-corrected chi connectivity index (χ3v) is 3.58. The summed E-state index contributed by atoms with van der Waals surface area (Å²) >= 11 is 0. The third kappa shape index (κ3) is 3.55. The van der Waals surface area contributed by atoms with Gasteiger partial charge >= 0.3 is 5.97 Å². The van der Waals surface area contributed by atoms with Gasteiger partial charge in [-0.1, -0.05) is 42.5 Å². The van der Waals surface area contributed by atoms with E-state index < -0.39 is 5.97 Å². The average Bonchev–Trinajstić information content (AvgIpc) is 2.55. The van der Waals surface area contributed by atoms with E-state index in [2.05, 4.69) is 5.32 Å². The molecular weight excluding hydrogens is 290 g/mol. The van der Waals surface area contributed by atoms with E-state index >= 15 is 0 Å². The van der Waals surface area contributed by atoms with Crippen molar-refractivity contribution in [3.63, 3.8) is 0 Å². The molecule has 0 unspecified atom stereocenters. The number of fused-ring (bicyclic) bond motifs is 1. The highest BCUT2D eigenvalue weighted by Crippen LogP contribution is 2.21. The monoisotopic (exact) mass is 305 g/mol. The maximum Gasteiger partial charge on any atom is 0.335 e. The Kier molecular flexibility index (Phi) is 4.06. The molecule has 0 atom stereocenters. The van der Waals surface area contributed by atoms with Gasteiger partial charge in [-0.05, 0) is 40.6 Å². The first kappa shape index (κ1) is 14.8. The zero-order chi connectivity index (χ0) is 16.2. The number of amides is 1. The molecule has 0 saturated carbocycles. The first-order valence-electron chi connectivity index (χ1n) is 7.23. The van der Waals surface area contributed by atoms with E-state index in [0.717, 1.165) is 16.3 Å². The number of hydrogen-bond donors (Lipinski definition) is 2. The molecule has 114 valence electrons. The molecule has 3 aromatic rings. The van der Waals surface area contributed by atoms with Crippen LogP contribution in [0.3, 0.4) is 0 Å². The lowest BCUT2D eigenvalue weighted by Gasteiger charge is -2.07. The summed E-state index contributed by atoms with van der Waals surface area (Å²) in [4.78, 5) is 23.0. The molecule has 3 aromatic carbocycles. The van der Waals surface area contributed by atoms with E-state index in [9.17, 15) is 9.59 Å². The Morgan fingerprint density at radius 3 is 2.30 bits per heavy atom. The van der Waals surface area contributed by atoms with Crippen molar-refractivity contribution in [3.8, 4) is 0 Å². The Labute approximate surface area is 133 Å². The Balaban J connectivity index is 1.77. The quantitative estimate of drug-likeness (QED) is 0.772. The van der Waals surface area contributed by atoms with Crippen LogP contribution < -0.4 is 5.32 Å². The van der Waals surface area contributed by atoms with Gasteiger partial charge in [0, 0.05) is 5.69 Å². The van der Waals surface area contributed by atoms with Crippen LogP contribution in [-0.4, -0.2) is 17.0 Å². The van der Waals surface area contributed by atoms with Crippen molar-refractivity contribution in [1.29, 1.82) is 0 Å². The lowest BCUT2D eigenvalue weighted by atomic mass is 10.1. The lowest BCUT2D eigenvalue weighted by molar-refractivity contribution is -0.115. The van der Waals surface area contributed by atoms with Gasteiger partial charge < -0.3 is 10.4 Å². The van der Waals surface area contributed by atoms with E-state index in [1.54, 1.807) is 30.3 Å². The Morgan fingerprint density at radius 1 is 0.870 bits per heavy atom. The number of hydrogen-bond acceptors (Lipinski definition) is 2. The molecule has 0 saturated heterocycles. The van der Waals surface area contributed by atoms with E-state index in [-0.39, 0.29) is 11.5 Å². The Hall–Kier alpha value is -3.14. The SMILES string of the molecule is O=C(Cc1ccccc1)Nc1ccc2cc(C(=O)O)ccc2c1. The standard InChI is InChI=1S/C19H15NO3/c21-18(10-13-4-2-1-3-5-13)20-17-9-8-14-11-16(19(22)23)7-6-15(14)12-17/h1-9,11-12H,10H2,(H,20,21)(H,22,23). The maximum atomic E-state index is 12.1. The number of carboxylic acid groups (broad SMARTS) is 1. The van der Waals surface area contributed by atoms with Crippen LogP contribution in [0, 0.1) is 0 Å². The molecule has 0 bridgehead atoms. The van der Waals surface area contributed by atoms with Crippen LogP contribution in [0.5, 0.6) is 0 Å². The number of benzene rings is 3. The van der Waals surface area contributed by atoms with Crippen molar-refractivity contribution in [1.82, 2.24) is 0 Å². The van der Waals surface area contributed by atoms with Gasteiger partial charge in [0.2, 0.25) is 5.91 Å². The molecule has 23 heavy (non-hydrogen) atoms. The predicted octanol–water partition coefficient (Wildman–Crippen LogP) is 3.72. The minimum absolute atomic E-state index is 0.0855. The first-order chi connectivity index (χ1) is 11.1. The summed E-state index contributed by atoms with van der Waals surface area (Å²) in [5.41, 5.74) is 1.90. The van der Waals surface area contributed by atoms with E-state index in [1.807, 2.05) is 36.4 Å². The molecule has 0 aliphatic rings. The molecule has 0 aliphatic heterocycles. The summed E-state index contributed by atoms with van der Waals surface area (Å²) < 4.78 is 0. The van der Waals surface area contributed by atoms with Crippen molar-refractivity contribution in [3.05, 3.63) is 77.9 Å². The summed E-state index contributed by atoms with van der Waals surface area (Å²) in [5.74, 6) is -1.04. The number of rotatable bonds is 4. The van der Waals surface area contributed by atoms with Gasteiger partial charge in [-0.3, -0.25) is 4.79 Å². The molecular formula is C19H15NO3. The number of carbonyl (C=O) groups excluding carboxylic acids is 1. The van der Waals surface area contributed by atoms with Crippen molar-refractivity contribution >= 4 is 28.3 Å². The summed E-state index contributed by atoms with van der Waals surface area (Å²) in [7, 11) is 0. The smallest absolute Gasteiger partial charge is 0.335 e. The zero-order valence-corrected chi connectivity index (χ0v) is 12.3. The molecule has 0 heterocycles. The molecule has 0 fully saturated rings. The van der Waals surface area contributed by atoms with Crippen molar-refractivity contribution < 1.29 is 14.7 Å². The molecule has 4 heteroatoms. The average molecular weight is 305 g/mol. The minimum atomic E-state index is -0.952. The second-order valence-electron chi connectivity index (χ2n) is 5.29. The maximum absolute atomic E-state index is 12.1. The Bertz CT molecular complexity index is 872. The van der Waals surface area contributed by atoms with Crippen LogP contribution in [0.1, 0.15) is 15.9 Å². The fraction of sp³-hybridized carbons (Fsp3) is 0.0526. The molecule has 0 aromatic heterocycles. The highest BCUT2D eigenvalue weighted by atomic mass is 16.4. The van der Waals surface area contributed by atoms with E-state index in [4.69, 9.17) is 5.11 Å². The summed E-state index contributed by atoms with van der Waals surface area (Å²) in [5, 5.41) is 13.6. The molecule has 0 spiro atoms. The lowest BCUT2D eigenvalue weighted by Crippen LogP contribution is -2.14. The molecule has 4 nitrogen and oxygen atoms in total. The highest BCUT2D eigenvalue weighted by molar-refractivity contribution is 5.98. The molecule has 1 amide bonds.